The van der Waals surface area contributed by atoms with Crippen LogP contribution in [-0.4, -0.2) is 24.4 Å². The number of rotatable bonds is 2. The highest BCUT2D eigenvalue weighted by Crippen LogP contribution is 2.05. The fourth-order valence-electron chi connectivity index (χ4n) is 0.806. The first-order chi connectivity index (χ1) is 4.27. The molecule has 0 radical (unpaired) electrons. The van der Waals surface area contributed by atoms with E-state index in [-0.39, 0.29) is 0 Å². The number of hydrogen-bond donors (Lipinski definition) is 0. The van der Waals surface area contributed by atoms with Gasteiger partial charge in [0.1, 0.15) is 12.7 Å². The Balaban J connectivity index is 2.63. The van der Waals surface area contributed by atoms with Crippen LogP contribution in [0.3, 0.4) is 0 Å². The quantitative estimate of drug-likeness (QED) is 0.385. The lowest BCUT2D eigenvalue weighted by molar-refractivity contribution is -0.749. The Bertz CT molecular complexity index is 156. The molecule has 0 bridgehead atoms. The monoisotopic (exact) mass is 123 g/mol. The first-order valence-corrected chi connectivity index (χ1v) is 2.95. The maximum Gasteiger partial charge on any atom is 0.194 e. The van der Waals surface area contributed by atoms with Crippen molar-refractivity contribution in [1.29, 1.82) is 0 Å². The van der Waals surface area contributed by atoms with Crippen molar-refractivity contribution in [2.24, 2.45) is 4.99 Å². The minimum atomic E-state index is 0.753. The summed E-state index contributed by atoms with van der Waals surface area (Å²) in [5.74, 6) is 0. The Kier molecular flexibility index (Phi) is 1.49. The molecule has 0 N–H and O–H groups in total. The molecule has 1 atom stereocenters. The molecule has 1 aliphatic rings. The molecule has 0 unspecified atom stereocenters. The van der Waals surface area contributed by atoms with E-state index in [4.69, 9.17) is 0 Å². The predicted octanol–water partition coefficient (Wildman–Crippen LogP) is 1.13. The van der Waals surface area contributed by atoms with Crippen LogP contribution in [0.25, 0.3) is 0 Å². The summed E-state index contributed by atoms with van der Waals surface area (Å²) >= 11 is 0. The van der Waals surface area contributed by atoms with Crippen molar-refractivity contribution in [2.75, 3.05) is 13.6 Å². The summed E-state index contributed by atoms with van der Waals surface area (Å²) in [7, 11) is 2.08. The average molecular weight is 123 g/mol. The molecular weight excluding hydrogens is 112 g/mol. The van der Waals surface area contributed by atoms with Crippen LogP contribution in [0.15, 0.2) is 30.0 Å². The summed E-state index contributed by atoms with van der Waals surface area (Å²) in [6.07, 6.45) is 7.62. The zero-order chi connectivity index (χ0) is 6.74. The molecule has 0 aromatic carbocycles. The van der Waals surface area contributed by atoms with Gasteiger partial charge in [0, 0.05) is 0 Å². The van der Waals surface area contributed by atoms with Crippen molar-refractivity contribution in [3.05, 3.63) is 25.1 Å². The summed E-state index contributed by atoms with van der Waals surface area (Å²) in [6.45, 7) is 4.57. The van der Waals surface area contributed by atoms with Gasteiger partial charge in [0.2, 0.25) is 0 Å². The minimum absolute atomic E-state index is 0.753. The van der Waals surface area contributed by atoms with Crippen LogP contribution in [0.4, 0.5) is 0 Å². The van der Waals surface area contributed by atoms with Gasteiger partial charge < -0.3 is 0 Å². The number of hydrogen-bond acceptors (Lipinski definition) is 1. The zero-order valence-corrected chi connectivity index (χ0v) is 5.62. The molecule has 1 rings (SSSR count). The molecule has 0 saturated heterocycles. The number of nitrogens with zero attached hydrogens (tertiary/aromatic N) is 2. The minimum Gasteiger partial charge on any atom is -0.253 e. The fourth-order valence-corrected chi connectivity index (χ4v) is 0.806. The molecule has 0 amide bonds. The van der Waals surface area contributed by atoms with E-state index in [0.717, 1.165) is 11.0 Å². The van der Waals surface area contributed by atoms with Gasteiger partial charge in [0.05, 0.1) is 13.2 Å². The Morgan fingerprint density at radius 1 is 1.78 bits per heavy atom. The van der Waals surface area contributed by atoms with Gasteiger partial charge in [-0.2, -0.15) is 0 Å². The van der Waals surface area contributed by atoms with E-state index in [0.29, 0.717) is 0 Å². The van der Waals surface area contributed by atoms with E-state index in [1.807, 2.05) is 24.8 Å². The Morgan fingerprint density at radius 2 is 2.56 bits per heavy atom. The molecule has 1 heterocycles. The smallest absolute Gasteiger partial charge is 0.194 e. The van der Waals surface area contributed by atoms with Gasteiger partial charge in [-0.3, -0.25) is 4.48 Å². The normalized spacial score (nSPS) is 31.2. The highest BCUT2D eigenvalue weighted by molar-refractivity contribution is 5.50. The molecule has 2 heteroatoms. The van der Waals surface area contributed by atoms with E-state index in [2.05, 4.69) is 18.6 Å². The number of quaternary nitrogens is 1. The first kappa shape index (κ1) is 6.23. The summed E-state index contributed by atoms with van der Waals surface area (Å²) < 4.78 is 0.753. The van der Waals surface area contributed by atoms with Crippen LogP contribution in [0.1, 0.15) is 0 Å². The summed E-state index contributed by atoms with van der Waals surface area (Å²) in [4.78, 5) is 3.97. The van der Waals surface area contributed by atoms with Crippen LogP contribution < -0.4 is 0 Å². The summed E-state index contributed by atoms with van der Waals surface area (Å²) in [5.41, 5.74) is 0. The predicted molar refractivity (Wildman–Crippen MR) is 38.9 cm³/mol. The molecule has 0 aliphatic carbocycles. The van der Waals surface area contributed by atoms with E-state index in [1.54, 1.807) is 0 Å². The first-order valence-electron chi connectivity index (χ1n) is 2.95. The second-order valence-corrected chi connectivity index (χ2v) is 2.38. The summed E-state index contributed by atoms with van der Waals surface area (Å²) in [6, 6.07) is 0. The highest BCUT2D eigenvalue weighted by Gasteiger charge is 2.15. The summed E-state index contributed by atoms with van der Waals surface area (Å²) in [5, 5.41) is 0. The molecule has 0 spiro atoms. The number of aliphatic imine (C=N–C) groups is 1. The maximum absolute atomic E-state index is 3.97. The van der Waals surface area contributed by atoms with Crippen molar-refractivity contribution in [2.45, 2.75) is 0 Å². The zero-order valence-electron chi connectivity index (χ0n) is 5.62. The Morgan fingerprint density at radius 3 is 3.00 bits per heavy atom. The van der Waals surface area contributed by atoms with Crippen LogP contribution >= 0.6 is 0 Å². The molecule has 0 aromatic rings. The Labute approximate surface area is 55.4 Å². The Hall–Kier alpha value is -0.890. The molecule has 9 heavy (non-hydrogen) atoms. The van der Waals surface area contributed by atoms with Crippen molar-refractivity contribution in [1.82, 2.24) is 0 Å². The number of likely N-dealkylation sites (N-methyl/N-ethyl adjacent to an activating group) is 1. The molecule has 0 saturated carbocycles. The SMILES string of the molecule is C=CC[N@@+]1(C)C=CN=C1. The van der Waals surface area contributed by atoms with Gasteiger partial charge in [-0.15, -0.1) is 0 Å². The second kappa shape index (κ2) is 2.15. The van der Waals surface area contributed by atoms with Gasteiger partial charge in [0.15, 0.2) is 6.34 Å². The largest absolute Gasteiger partial charge is 0.253 e. The molecule has 0 aromatic heterocycles. The van der Waals surface area contributed by atoms with E-state index < -0.39 is 0 Å². The van der Waals surface area contributed by atoms with Crippen molar-refractivity contribution >= 4 is 6.34 Å². The topological polar surface area (TPSA) is 12.4 Å². The van der Waals surface area contributed by atoms with E-state index >= 15 is 0 Å². The third kappa shape index (κ3) is 1.27. The molecule has 48 valence electrons. The van der Waals surface area contributed by atoms with Gasteiger partial charge in [-0.05, 0) is 6.08 Å². The third-order valence-corrected chi connectivity index (χ3v) is 1.35. The maximum atomic E-state index is 3.97. The lowest BCUT2D eigenvalue weighted by Gasteiger charge is -2.18. The molecular formula is C7H11N2+. The van der Waals surface area contributed by atoms with Gasteiger partial charge in [0.25, 0.3) is 0 Å². The van der Waals surface area contributed by atoms with Crippen molar-refractivity contribution in [3.8, 4) is 0 Å². The van der Waals surface area contributed by atoms with Gasteiger partial charge in [-0.25, -0.2) is 4.99 Å². The standard InChI is InChI=1S/C7H11N2/c1-3-5-9(2)6-4-8-7-9/h3-4,6-7H,1,5H2,2H3/q+1/t9-/m0/s1. The van der Waals surface area contributed by atoms with Crippen LogP contribution in [0, 0.1) is 0 Å². The van der Waals surface area contributed by atoms with Crippen LogP contribution in [0.5, 0.6) is 0 Å². The third-order valence-electron chi connectivity index (χ3n) is 1.35. The lowest BCUT2D eigenvalue weighted by atomic mass is 10.5. The molecule has 1 aliphatic heterocycles. The highest BCUT2D eigenvalue weighted by atomic mass is 15.3. The van der Waals surface area contributed by atoms with Crippen molar-refractivity contribution in [3.63, 3.8) is 0 Å². The second-order valence-electron chi connectivity index (χ2n) is 2.38. The van der Waals surface area contributed by atoms with Crippen LogP contribution in [-0.2, 0) is 0 Å². The van der Waals surface area contributed by atoms with Gasteiger partial charge in [-0.1, -0.05) is 6.58 Å². The van der Waals surface area contributed by atoms with Gasteiger partial charge >= 0.3 is 0 Å². The lowest BCUT2D eigenvalue weighted by Crippen LogP contribution is -2.34. The van der Waals surface area contributed by atoms with Crippen LogP contribution in [0.2, 0.25) is 0 Å². The van der Waals surface area contributed by atoms with E-state index in [9.17, 15) is 0 Å². The van der Waals surface area contributed by atoms with Crippen molar-refractivity contribution < 1.29 is 4.48 Å². The molecule has 0 fully saturated rings. The molecule has 2 nitrogen and oxygen atoms in total. The fraction of sp³-hybridized carbons (Fsp3) is 0.286. The average Bonchev–Trinajstić information content (AvgIpc) is 2.16. The van der Waals surface area contributed by atoms with E-state index in [1.165, 1.54) is 0 Å².